The number of nitrogens with zero attached hydrogens (tertiary/aromatic N) is 3. The minimum Gasteiger partial charge on any atom is -0.495 e. The van der Waals surface area contributed by atoms with Crippen LogP contribution in [0.5, 0.6) is 11.5 Å². The second-order valence-electron chi connectivity index (χ2n) is 6.37. The first-order valence-electron chi connectivity index (χ1n) is 8.50. The summed E-state index contributed by atoms with van der Waals surface area (Å²) in [4.78, 5) is 4.34. The average molecular weight is 379 g/mol. The Kier molecular flexibility index (Phi) is 5.38. The summed E-state index contributed by atoms with van der Waals surface area (Å²) in [6, 6.07) is 6.32. The minimum absolute atomic E-state index is 0. The molecule has 1 saturated heterocycles. The Morgan fingerprint density at radius 3 is 2.81 bits per heavy atom. The first-order valence-corrected chi connectivity index (χ1v) is 8.50. The second-order valence-corrected chi connectivity index (χ2v) is 6.37. The summed E-state index contributed by atoms with van der Waals surface area (Å²) in [5.74, 6) is 2.71. The van der Waals surface area contributed by atoms with Crippen LogP contribution in [-0.2, 0) is 7.05 Å². The average Bonchev–Trinajstić information content (AvgIpc) is 3.34. The van der Waals surface area contributed by atoms with Gasteiger partial charge in [-0.15, -0.1) is 12.4 Å². The van der Waals surface area contributed by atoms with Crippen LogP contribution in [-0.4, -0.2) is 41.0 Å². The van der Waals surface area contributed by atoms with Gasteiger partial charge >= 0.3 is 0 Å². The molecule has 0 bridgehead atoms. The van der Waals surface area contributed by atoms with Gasteiger partial charge in [0.05, 0.1) is 12.6 Å². The quantitative estimate of drug-likeness (QED) is 0.735. The summed E-state index contributed by atoms with van der Waals surface area (Å²) >= 11 is 0. The van der Waals surface area contributed by atoms with Gasteiger partial charge in [-0.05, 0) is 44.5 Å². The molecule has 140 valence electrons. The highest BCUT2D eigenvalue weighted by atomic mass is 35.5. The Balaban J connectivity index is 0.00000196. The fraction of sp³-hybridized carbons (Fsp3) is 0.444. The Morgan fingerprint density at radius 2 is 2.15 bits per heavy atom. The molecule has 0 saturated carbocycles. The number of fused-ring (bicyclic) bond motifs is 1. The van der Waals surface area contributed by atoms with Crippen molar-refractivity contribution in [1.82, 2.24) is 20.0 Å². The van der Waals surface area contributed by atoms with Crippen LogP contribution in [0.15, 0.2) is 22.7 Å². The Morgan fingerprint density at radius 1 is 1.35 bits per heavy atom. The molecule has 2 aromatic heterocycles. The molecule has 0 radical (unpaired) electrons. The fourth-order valence-electron chi connectivity index (χ4n) is 3.40. The number of aromatic nitrogens is 3. The molecule has 1 fully saturated rings. The number of aryl methyl sites for hydroxylation is 2. The highest BCUT2D eigenvalue weighted by molar-refractivity contribution is 5.95. The van der Waals surface area contributed by atoms with Gasteiger partial charge in [-0.3, -0.25) is 0 Å². The first-order chi connectivity index (χ1) is 12.2. The van der Waals surface area contributed by atoms with E-state index in [0.717, 1.165) is 41.1 Å². The van der Waals surface area contributed by atoms with Crippen LogP contribution in [0, 0.1) is 6.92 Å². The maximum atomic E-state index is 6.11. The third-order valence-electron chi connectivity index (χ3n) is 4.69. The molecule has 3 aromatic rings. The minimum atomic E-state index is 0. The number of methoxy groups -OCH3 is 1. The van der Waals surface area contributed by atoms with Gasteiger partial charge in [0.25, 0.3) is 5.89 Å². The maximum absolute atomic E-state index is 6.11. The van der Waals surface area contributed by atoms with Gasteiger partial charge < -0.3 is 23.9 Å². The molecule has 4 rings (SSSR count). The lowest BCUT2D eigenvalue weighted by Crippen LogP contribution is -2.28. The van der Waals surface area contributed by atoms with Gasteiger partial charge in [0.2, 0.25) is 0 Å². The van der Waals surface area contributed by atoms with E-state index in [-0.39, 0.29) is 12.4 Å². The molecule has 1 aromatic carbocycles. The molecular formula is C18H23ClN4O3. The van der Waals surface area contributed by atoms with E-state index in [0.29, 0.717) is 24.4 Å². The first kappa shape index (κ1) is 18.5. The molecule has 0 amide bonds. The van der Waals surface area contributed by atoms with Crippen LogP contribution >= 0.6 is 12.4 Å². The lowest BCUT2D eigenvalue weighted by Gasteiger charge is -2.14. The standard InChI is InChI=1S/C18H22N4O3.ClH/c1-11-20-18(25-21-11)14-9-13-15(24-10-12-5-4-8-19-12)6-7-16(23-3)17(13)22(14)2;/h6-7,9,12,19H,4-5,8,10H2,1-3H3;1H/t12-;/m0./s1. The fourth-order valence-corrected chi connectivity index (χ4v) is 3.40. The van der Waals surface area contributed by atoms with E-state index in [4.69, 9.17) is 14.0 Å². The van der Waals surface area contributed by atoms with E-state index in [1.165, 1.54) is 6.42 Å². The van der Waals surface area contributed by atoms with Crippen molar-refractivity contribution < 1.29 is 14.0 Å². The second kappa shape index (κ2) is 7.55. The third kappa shape index (κ3) is 3.24. The van der Waals surface area contributed by atoms with Crippen molar-refractivity contribution in [3.05, 3.63) is 24.0 Å². The van der Waals surface area contributed by atoms with Gasteiger partial charge in [-0.25, -0.2) is 0 Å². The Hall–Kier alpha value is -2.25. The molecule has 1 aliphatic heterocycles. The summed E-state index contributed by atoms with van der Waals surface area (Å²) in [7, 11) is 3.63. The SMILES string of the molecule is COc1ccc(OC[C@@H]2CCCN2)c2cc(-c3nc(C)no3)n(C)c12.Cl. The van der Waals surface area contributed by atoms with Crippen LogP contribution in [0.2, 0.25) is 0 Å². The van der Waals surface area contributed by atoms with E-state index in [1.807, 2.05) is 29.8 Å². The Bertz CT molecular complexity index is 899. The predicted octanol–water partition coefficient (Wildman–Crippen LogP) is 3.10. The topological polar surface area (TPSA) is 74.3 Å². The number of halogens is 1. The van der Waals surface area contributed by atoms with Crippen LogP contribution in [0.25, 0.3) is 22.5 Å². The molecule has 7 nitrogen and oxygen atoms in total. The van der Waals surface area contributed by atoms with Crippen LogP contribution in [0.1, 0.15) is 18.7 Å². The number of hydrogen-bond acceptors (Lipinski definition) is 6. The molecule has 1 atom stereocenters. The highest BCUT2D eigenvalue weighted by Crippen LogP contribution is 2.38. The zero-order valence-corrected chi connectivity index (χ0v) is 15.9. The maximum Gasteiger partial charge on any atom is 0.274 e. The van der Waals surface area contributed by atoms with Crippen LogP contribution in [0.4, 0.5) is 0 Å². The van der Waals surface area contributed by atoms with Gasteiger partial charge in [0, 0.05) is 18.5 Å². The van der Waals surface area contributed by atoms with Gasteiger partial charge in [0.15, 0.2) is 5.82 Å². The molecule has 0 spiro atoms. The number of nitrogens with one attached hydrogen (secondary N) is 1. The molecule has 1 N–H and O–H groups in total. The molecule has 1 aliphatic rings. The van der Waals surface area contributed by atoms with Crippen molar-refractivity contribution in [2.75, 3.05) is 20.3 Å². The molecule has 0 aliphatic carbocycles. The van der Waals surface area contributed by atoms with Gasteiger partial charge in [-0.1, -0.05) is 5.16 Å². The van der Waals surface area contributed by atoms with E-state index < -0.39 is 0 Å². The van der Waals surface area contributed by atoms with Crippen molar-refractivity contribution in [1.29, 1.82) is 0 Å². The van der Waals surface area contributed by atoms with Crippen molar-refractivity contribution in [3.8, 4) is 23.1 Å². The van der Waals surface area contributed by atoms with Crippen molar-refractivity contribution in [3.63, 3.8) is 0 Å². The summed E-state index contributed by atoms with van der Waals surface area (Å²) in [6.07, 6.45) is 2.36. The summed E-state index contributed by atoms with van der Waals surface area (Å²) < 4.78 is 19.0. The lowest BCUT2D eigenvalue weighted by atomic mass is 10.2. The van der Waals surface area contributed by atoms with Crippen molar-refractivity contribution in [2.24, 2.45) is 7.05 Å². The normalized spacial score (nSPS) is 16.7. The van der Waals surface area contributed by atoms with E-state index in [2.05, 4.69) is 15.5 Å². The smallest absolute Gasteiger partial charge is 0.274 e. The molecule has 0 unspecified atom stereocenters. The van der Waals surface area contributed by atoms with Crippen LogP contribution in [0.3, 0.4) is 0 Å². The van der Waals surface area contributed by atoms with Gasteiger partial charge in [-0.2, -0.15) is 4.98 Å². The number of rotatable bonds is 5. The largest absolute Gasteiger partial charge is 0.495 e. The highest BCUT2D eigenvalue weighted by Gasteiger charge is 2.20. The molecule has 26 heavy (non-hydrogen) atoms. The lowest BCUT2D eigenvalue weighted by molar-refractivity contribution is 0.280. The van der Waals surface area contributed by atoms with Crippen molar-refractivity contribution in [2.45, 2.75) is 25.8 Å². The zero-order valence-electron chi connectivity index (χ0n) is 15.1. The Labute approximate surface area is 158 Å². The number of ether oxygens (including phenoxy) is 2. The van der Waals surface area contributed by atoms with E-state index in [9.17, 15) is 0 Å². The summed E-state index contributed by atoms with van der Waals surface area (Å²) in [6.45, 7) is 3.53. The number of benzene rings is 1. The zero-order chi connectivity index (χ0) is 17.4. The number of hydrogen-bond donors (Lipinski definition) is 1. The van der Waals surface area contributed by atoms with Gasteiger partial charge in [0.1, 0.15) is 23.8 Å². The van der Waals surface area contributed by atoms with E-state index in [1.54, 1.807) is 14.0 Å². The monoisotopic (exact) mass is 378 g/mol. The molecule has 8 heteroatoms. The summed E-state index contributed by atoms with van der Waals surface area (Å²) in [5, 5.41) is 8.32. The molecule has 3 heterocycles. The summed E-state index contributed by atoms with van der Waals surface area (Å²) in [5.41, 5.74) is 1.79. The van der Waals surface area contributed by atoms with Crippen molar-refractivity contribution >= 4 is 23.3 Å². The molecular weight excluding hydrogens is 356 g/mol. The predicted molar refractivity (Wildman–Crippen MR) is 101 cm³/mol. The third-order valence-corrected chi connectivity index (χ3v) is 4.69. The van der Waals surface area contributed by atoms with E-state index >= 15 is 0 Å². The van der Waals surface area contributed by atoms with Crippen LogP contribution < -0.4 is 14.8 Å².